The summed E-state index contributed by atoms with van der Waals surface area (Å²) in [5.41, 5.74) is 11.1. The average molecular weight is 206 g/mol. The van der Waals surface area contributed by atoms with Gasteiger partial charge in [0.25, 0.3) is 0 Å². The van der Waals surface area contributed by atoms with Gasteiger partial charge in [-0.15, -0.1) is 0 Å². The van der Waals surface area contributed by atoms with Crippen molar-refractivity contribution in [3.63, 3.8) is 0 Å². The van der Waals surface area contributed by atoms with Gasteiger partial charge in [0.15, 0.2) is 5.65 Å². The molecule has 6 nitrogen and oxygen atoms in total. The van der Waals surface area contributed by atoms with Crippen LogP contribution in [0.15, 0.2) is 6.33 Å². The number of aryl methyl sites for hydroxylation is 1. The molecule has 2 rings (SSSR count). The minimum atomic E-state index is 0.278. The van der Waals surface area contributed by atoms with Crippen molar-refractivity contribution in [1.82, 2.24) is 19.6 Å². The Labute approximate surface area is 87.5 Å². The van der Waals surface area contributed by atoms with Crippen LogP contribution < -0.4 is 11.2 Å². The van der Waals surface area contributed by atoms with Crippen LogP contribution in [0.1, 0.15) is 19.0 Å². The van der Waals surface area contributed by atoms with Crippen molar-refractivity contribution >= 4 is 17.1 Å². The van der Waals surface area contributed by atoms with Gasteiger partial charge in [0.1, 0.15) is 11.8 Å². The monoisotopic (exact) mass is 206 g/mol. The standard InChI is InChI=1S/C9H14N6/c1-3-4-12-15-5-11-7-6(2)13-9(10)14-8(7)15/h5,12H,3-4H2,1-2H3,(H2,10,13,14). The van der Waals surface area contributed by atoms with E-state index in [-0.39, 0.29) is 5.95 Å². The number of nitrogen functional groups attached to an aromatic ring is 1. The second kappa shape index (κ2) is 3.72. The van der Waals surface area contributed by atoms with E-state index in [2.05, 4.69) is 27.3 Å². The third-order valence-electron chi connectivity index (χ3n) is 2.12. The molecule has 3 N–H and O–H groups in total. The fraction of sp³-hybridized carbons (Fsp3) is 0.444. The van der Waals surface area contributed by atoms with Crippen LogP contribution >= 0.6 is 0 Å². The van der Waals surface area contributed by atoms with E-state index < -0.39 is 0 Å². The van der Waals surface area contributed by atoms with E-state index in [9.17, 15) is 0 Å². The molecule has 0 aromatic carbocycles. The molecule has 15 heavy (non-hydrogen) atoms. The summed E-state index contributed by atoms with van der Waals surface area (Å²) in [5.74, 6) is 0.278. The van der Waals surface area contributed by atoms with Gasteiger partial charge in [-0.3, -0.25) is 0 Å². The third-order valence-corrected chi connectivity index (χ3v) is 2.12. The van der Waals surface area contributed by atoms with Crippen LogP contribution in [-0.4, -0.2) is 26.2 Å². The van der Waals surface area contributed by atoms with Gasteiger partial charge in [-0.2, -0.15) is 4.98 Å². The van der Waals surface area contributed by atoms with Gasteiger partial charge < -0.3 is 11.2 Å². The lowest BCUT2D eigenvalue weighted by Gasteiger charge is -2.05. The van der Waals surface area contributed by atoms with E-state index >= 15 is 0 Å². The maximum atomic E-state index is 5.59. The highest BCUT2D eigenvalue weighted by atomic mass is 15.4. The summed E-state index contributed by atoms with van der Waals surface area (Å²) in [6.45, 7) is 4.84. The van der Waals surface area contributed by atoms with Gasteiger partial charge in [0, 0.05) is 6.54 Å². The Morgan fingerprint density at radius 2 is 2.27 bits per heavy atom. The van der Waals surface area contributed by atoms with E-state index in [4.69, 9.17) is 5.73 Å². The zero-order valence-corrected chi connectivity index (χ0v) is 8.86. The van der Waals surface area contributed by atoms with Crippen molar-refractivity contribution in [3.05, 3.63) is 12.0 Å². The van der Waals surface area contributed by atoms with Crippen molar-refractivity contribution < 1.29 is 0 Å². The van der Waals surface area contributed by atoms with Gasteiger partial charge in [-0.05, 0) is 13.3 Å². The zero-order valence-electron chi connectivity index (χ0n) is 8.86. The number of nitrogens with two attached hydrogens (primary N) is 1. The summed E-state index contributed by atoms with van der Waals surface area (Å²) < 4.78 is 1.78. The molecule has 0 atom stereocenters. The molecular formula is C9H14N6. The Morgan fingerprint density at radius 3 is 3.00 bits per heavy atom. The van der Waals surface area contributed by atoms with Crippen molar-refractivity contribution in [2.24, 2.45) is 0 Å². The van der Waals surface area contributed by atoms with Gasteiger partial charge >= 0.3 is 0 Å². The molecule has 0 fully saturated rings. The number of hydrogen-bond donors (Lipinski definition) is 2. The first-order chi connectivity index (χ1) is 7.22. The zero-order chi connectivity index (χ0) is 10.8. The number of rotatable bonds is 3. The number of hydrogen-bond acceptors (Lipinski definition) is 5. The van der Waals surface area contributed by atoms with E-state index in [1.54, 1.807) is 11.0 Å². The predicted molar refractivity (Wildman–Crippen MR) is 59.0 cm³/mol. The number of nitrogens with zero attached hydrogens (tertiary/aromatic N) is 4. The van der Waals surface area contributed by atoms with E-state index in [1.807, 2.05) is 6.92 Å². The van der Waals surface area contributed by atoms with Crippen molar-refractivity contribution in [2.45, 2.75) is 20.3 Å². The quantitative estimate of drug-likeness (QED) is 0.771. The van der Waals surface area contributed by atoms with Gasteiger partial charge in [0.05, 0.1) is 5.69 Å². The molecule has 0 spiro atoms. The fourth-order valence-electron chi connectivity index (χ4n) is 1.41. The molecule has 0 aliphatic carbocycles. The SMILES string of the molecule is CCCNn1cnc2c(C)nc(N)nc21. The highest BCUT2D eigenvalue weighted by Crippen LogP contribution is 2.12. The predicted octanol–water partition coefficient (Wildman–Crippen LogP) is 0.670. The molecule has 6 heteroatoms. The molecular weight excluding hydrogens is 192 g/mol. The largest absolute Gasteiger partial charge is 0.368 e. The summed E-state index contributed by atoms with van der Waals surface area (Å²) in [7, 11) is 0. The molecule has 2 aromatic rings. The molecule has 2 heterocycles. The number of anilines is 1. The Bertz CT molecular complexity index is 475. The number of aromatic nitrogens is 4. The number of nitrogens with one attached hydrogen (secondary N) is 1. The molecule has 2 aromatic heterocycles. The second-order valence-electron chi connectivity index (χ2n) is 3.36. The summed E-state index contributed by atoms with van der Waals surface area (Å²) in [6.07, 6.45) is 2.74. The Balaban J connectivity index is 2.49. The maximum absolute atomic E-state index is 5.59. The lowest BCUT2D eigenvalue weighted by atomic mass is 10.4. The first-order valence-corrected chi connectivity index (χ1v) is 4.93. The van der Waals surface area contributed by atoms with E-state index in [1.165, 1.54) is 0 Å². The van der Waals surface area contributed by atoms with Crippen LogP contribution in [-0.2, 0) is 0 Å². The minimum absolute atomic E-state index is 0.278. The summed E-state index contributed by atoms with van der Waals surface area (Å²) >= 11 is 0. The summed E-state index contributed by atoms with van der Waals surface area (Å²) in [6, 6.07) is 0. The smallest absolute Gasteiger partial charge is 0.222 e. The minimum Gasteiger partial charge on any atom is -0.368 e. The Kier molecular flexibility index (Phi) is 2.40. The first kappa shape index (κ1) is 9.70. The van der Waals surface area contributed by atoms with Gasteiger partial charge in [-0.1, -0.05) is 6.92 Å². The van der Waals surface area contributed by atoms with E-state index in [0.29, 0.717) is 0 Å². The summed E-state index contributed by atoms with van der Waals surface area (Å²) in [4.78, 5) is 12.4. The Hall–Kier alpha value is -1.85. The molecule has 0 aliphatic rings. The van der Waals surface area contributed by atoms with Crippen LogP contribution in [0.3, 0.4) is 0 Å². The third kappa shape index (κ3) is 1.70. The van der Waals surface area contributed by atoms with Gasteiger partial charge in [-0.25, -0.2) is 14.6 Å². The van der Waals surface area contributed by atoms with Crippen LogP contribution in [0, 0.1) is 6.92 Å². The van der Waals surface area contributed by atoms with Crippen LogP contribution in [0.2, 0.25) is 0 Å². The Morgan fingerprint density at radius 1 is 1.47 bits per heavy atom. The molecule has 0 unspecified atom stereocenters. The number of imidazole rings is 1. The van der Waals surface area contributed by atoms with E-state index in [0.717, 1.165) is 29.8 Å². The second-order valence-corrected chi connectivity index (χ2v) is 3.36. The highest BCUT2D eigenvalue weighted by molar-refractivity contribution is 5.74. The summed E-state index contributed by atoms with van der Waals surface area (Å²) in [5, 5.41) is 0. The lowest BCUT2D eigenvalue weighted by Crippen LogP contribution is -2.15. The highest BCUT2D eigenvalue weighted by Gasteiger charge is 2.08. The maximum Gasteiger partial charge on any atom is 0.222 e. The number of fused-ring (bicyclic) bond motifs is 1. The van der Waals surface area contributed by atoms with Crippen molar-refractivity contribution in [1.29, 1.82) is 0 Å². The average Bonchev–Trinajstić information content (AvgIpc) is 2.58. The molecule has 80 valence electrons. The molecule has 0 bridgehead atoms. The molecule has 0 aliphatic heterocycles. The normalized spacial score (nSPS) is 10.8. The van der Waals surface area contributed by atoms with Crippen LogP contribution in [0.25, 0.3) is 11.2 Å². The lowest BCUT2D eigenvalue weighted by molar-refractivity contribution is 0.817. The van der Waals surface area contributed by atoms with Crippen molar-refractivity contribution in [3.8, 4) is 0 Å². The van der Waals surface area contributed by atoms with Gasteiger partial charge in [0.2, 0.25) is 5.95 Å². The molecule has 0 radical (unpaired) electrons. The molecule has 0 saturated carbocycles. The van der Waals surface area contributed by atoms with Crippen LogP contribution in [0.5, 0.6) is 0 Å². The van der Waals surface area contributed by atoms with Crippen LogP contribution in [0.4, 0.5) is 5.95 Å². The molecule has 0 saturated heterocycles. The topological polar surface area (TPSA) is 81.7 Å². The fourth-order valence-corrected chi connectivity index (χ4v) is 1.41. The van der Waals surface area contributed by atoms with Crippen molar-refractivity contribution in [2.75, 3.05) is 17.7 Å². The molecule has 0 amide bonds. The first-order valence-electron chi connectivity index (χ1n) is 4.93.